The van der Waals surface area contributed by atoms with Gasteiger partial charge in [0.05, 0.1) is 6.61 Å². The molecule has 2 N–H and O–H groups in total. The Kier molecular flexibility index (Phi) is 4.47. The van der Waals surface area contributed by atoms with Crippen molar-refractivity contribution in [3.05, 3.63) is 64.8 Å². The summed E-state index contributed by atoms with van der Waals surface area (Å²) in [6.45, 7) is 1.40. The number of hydrogen-bond acceptors (Lipinski definition) is 2. The van der Waals surface area contributed by atoms with Gasteiger partial charge in [-0.3, -0.25) is 4.79 Å². The zero-order valence-electron chi connectivity index (χ0n) is 13.7. The number of ether oxygens (including phenoxy) is 1. The molecule has 128 valence electrons. The van der Waals surface area contributed by atoms with Crippen LogP contribution in [-0.2, 0) is 11.3 Å². The molecular formula is C20H19ClN2O2. The van der Waals surface area contributed by atoms with Crippen LogP contribution in [0.4, 0.5) is 5.69 Å². The van der Waals surface area contributed by atoms with Crippen LogP contribution in [0.2, 0.25) is 5.02 Å². The second-order valence-electron chi connectivity index (χ2n) is 6.53. The second-order valence-corrected chi connectivity index (χ2v) is 6.96. The van der Waals surface area contributed by atoms with Gasteiger partial charge in [-0.1, -0.05) is 29.8 Å². The van der Waals surface area contributed by atoms with Crippen molar-refractivity contribution < 1.29 is 9.53 Å². The maximum absolute atomic E-state index is 12.5. The third-order valence-electron chi connectivity index (χ3n) is 4.33. The molecule has 0 saturated heterocycles. The molecular weight excluding hydrogens is 336 g/mol. The summed E-state index contributed by atoms with van der Waals surface area (Å²) in [4.78, 5) is 15.6. The Morgan fingerprint density at radius 1 is 1.20 bits per heavy atom. The number of carbonyl (C=O) groups is 1. The first-order valence-electron chi connectivity index (χ1n) is 8.44. The quantitative estimate of drug-likeness (QED) is 0.654. The molecule has 1 heterocycles. The van der Waals surface area contributed by atoms with Crippen LogP contribution in [0.3, 0.4) is 0 Å². The van der Waals surface area contributed by atoms with Crippen LogP contribution in [0, 0.1) is 5.92 Å². The Morgan fingerprint density at radius 3 is 2.92 bits per heavy atom. The fourth-order valence-electron chi connectivity index (χ4n) is 2.79. The molecule has 0 unspecified atom stereocenters. The van der Waals surface area contributed by atoms with Crippen LogP contribution < -0.4 is 5.32 Å². The van der Waals surface area contributed by atoms with E-state index in [2.05, 4.69) is 10.3 Å². The van der Waals surface area contributed by atoms with Gasteiger partial charge in [0.2, 0.25) is 0 Å². The highest BCUT2D eigenvalue weighted by atomic mass is 35.5. The van der Waals surface area contributed by atoms with Crippen LogP contribution >= 0.6 is 11.6 Å². The van der Waals surface area contributed by atoms with Gasteiger partial charge >= 0.3 is 0 Å². The fourth-order valence-corrected chi connectivity index (χ4v) is 2.96. The van der Waals surface area contributed by atoms with Crippen LogP contribution in [-0.4, -0.2) is 17.5 Å². The number of benzene rings is 2. The van der Waals surface area contributed by atoms with Crippen LogP contribution in [0.25, 0.3) is 10.9 Å². The summed E-state index contributed by atoms with van der Waals surface area (Å²) in [5, 5.41) is 4.52. The molecule has 0 aliphatic heterocycles. The third kappa shape index (κ3) is 4.03. The highest BCUT2D eigenvalue weighted by Gasteiger charge is 2.21. The van der Waals surface area contributed by atoms with E-state index in [1.165, 1.54) is 12.8 Å². The molecule has 4 nitrogen and oxygen atoms in total. The standard InChI is InChI=1S/C20H19ClN2O2/c21-16-7-6-15-9-19(23-18(15)10-16)20(24)22-17-3-1-2-14(8-17)12-25-11-13-4-5-13/h1-3,6-10,13,23H,4-5,11-12H2,(H,22,24). The van der Waals surface area contributed by atoms with E-state index in [0.29, 0.717) is 17.3 Å². The molecule has 1 aliphatic rings. The molecule has 1 aliphatic carbocycles. The number of halogens is 1. The molecule has 1 amide bonds. The van der Waals surface area contributed by atoms with Gasteiger partial charge in [-0.05, 0) is 54.7 Å². The van der Waals surface area contributed by atoms with Gasteiger partial charge in [0, 0.05) is 28.2 Å². The molecule has 4 rings (SSSR count). The van der Waals surface area contributed by atoms with Gasteiger partial charge < -0.3 is 15.0 Å². The summed E-state index contributed by atoms with van der Waals surface area (Å²) in [6.07, 6.45) is 2.57. The lowest BCUT2D eigenvalue weighted by atomic mass is 10.2. The van der Waals surface area contributed by atoms with E-state index in [1.54, 1.807) is 0 Å². The number of aromatic nitrogens is 1. The van der Waals surface area contributed by atoms with E-state index in [4.69, 9.17) is 16.3 Å². The number of aromatic amines is 1. The van der Waals surface area contributed by atoms with Crippen LogP contribution in [0.1, 0.15) is 28.9 Å². The molecule has 25 heavy (non-hydrogen) atoms. The van der Waals surface area contributed by atoms with Crippen molar-refractivity contribution in [1.29, 1.82) is 0 Å². The first-order valence-corrected chi connectivity index (χ1v) is 8.81. The van der Waals surface area contributed by atoms with Crippen molar-refractivity contribution >= 4 is 34.1 Å². The molecule has 0 radical (unpaired) electrons. The molecule has 2 aromatic carbocycles. The van der Waals surface area contributed by atoms with Crippen molar-refractivity contribution in [3.8, 4) is 0 Å². The van der Waals surface area contributed by atoms with E-state index in [9.17, 15) is 4.79 Å². The predicted molar refractivity (Wildman–Crippen MR) is 100 cm³/mol. The average molecular weight is 355 g/mol. The minimum atomic E-state index is -0.177. The SMILES string of the molecule is O=C(Nc1cccc(COCC2CC2)c1)c1cc2ccc(Cl)cc2[nH]1. The smallest absolute Gasteiger partial charge is 0.272 e. The Hall–Kier alpha value is -2.30. The Labute approximate surface area is 151 Å². The van der Waals surface area contributed by atoms with Crippen molar-refractivity contribution in [3.63, 3.8) is 0 Å². The Balaban J connectivity index is 1.43. The minimum absolute atomic E-state index is 0.177. The van der Waals surface area contributed by atoms with Gasteiger partial charge in [0.1, 0.15) is 5.69 Å². The Bertz CT molecular complexity index is 915. The van der Waals surface area contributed by atoms with Gasteiger partial charge in [0.15, 0.2) is 0 Å². The van der Waals surface area contributed by atoms with Crippen LogP contribution in [0.15, 0.2) is 48.5 Å². The molecule has 0 bridgehead atoms. The first-order chi connectivity index (χ1) is 12.2. The largest absolute Gasteiger partial charge is 0.376 e. The summed E-state index contributed by atoms with van der Waals surface area (Å²) in [5.41, 5.74) is 3.17. The number of anilines is 1. The molecule has 5 heteroatoms. The van der Waals surface area contributed by atoms with Gasteiger partial charge in [-0.25, -0.2) is 0 Å². The number of rotatable bonds is 6. The van der Waals surface area contributed by atoms with E-state index in [1.807, 2.05) is 48.5 Å². The maximum atomic E-state index is 12.5. The molecule has 1 fully saturated rings. The fraction of sp³-hybridized carbons (Fsp3) is 0.250. The van der Waals surface area contributed by atoms with Gasteiger partial charge in [-0.15, -0.1) is 0 Å². The van der Waals surface area contributed by atoms with Crippen LogP contribution in [0.5, 0.6) is 0 Å². The summed E-state index contributed by atoms with van der Waals surface area (Å²) >= 11 is 5.99. The zero-order chi connectivity index (χ0) is 17.2. The molecule has 0 spiro atoms. The number of nitrogens with one attached hydrogen (secondary N) is 2. The summed E-state index contributed by atoms with van der Waals surface area (Å²) < 4.78 is 5.71. The lowest BCUT2D eigenvalue weighted by Gasteiger charge is -2.07. The monoisotopic (exact) mass is 354 g/mol. The molecule has 3 aromatic rings. The number of H-pyrrole nitrogens is 1. The number of hydrogen-bond donors (Lipinski definition) is 2. The first kappa shape index (κ1) is 16.2. The highest BCUT2D eigenvalue weighted by Crippen LogP contribution is 2.29. The van der Waals surface area contributed by atoms with Crippen molar-refractivity contribution in [1.82, 2.24) is 4.98 Å². The molecule has 1 saturated carbocycles. The van der Waals surface area contributed by atoms with E-state index < -0.39 is 0 Å². The maximum Gasteiger partial charge on any atom is 0.272 e. The number of carbonyl (C=O) groups excluding carboxylic acids is 1. The number of fused-ring (bicyclic) bond motifs is 1. The van der Waals surface area contributed by atoms with Crippen molar-refractivity contribution in [2.45, 2.75) is 19.4 Å². The minimum Gasteiger partial charge on any atom is -0.376 e. The van der Waals surface area contributed by atoms with Crippen molar-refractivity contribution in [2.75, 3.05) is 11.9 Å². The molecule has 0 atom stereocenters. The summed E-state index contributed by atoms with van der Waals surface area (Å²) in [5.74, 6) is 0.571. The average Bonchev–Trinajstić information content (AvgIpc) is 3.32. The summed E-state index contributed by atoms with van der Waals surface area (Å²) in [7, 11) is 0. The van der Waals surface area contributed by atoms with Gasteiger partial charge in [0.25, 0.3) is 5.91 Å². The predicted octanol–water partition coefficient (Wildman–Crippen LogP) is 5.00. The van der Waals surface area contributed by atoms with Crippen molar-refractivity contribution in [2.24, 2.45) is 5.92 Å². The highest BCUT2D eigenvalue weighted by molar-refractivity contribution is 6.31. The normalized spacial score (nSPS) is 14.0. The second kappa shape index (κ2) is 6.90. The third-order valence-corrected chi connectivity index (χ3v) is 4.57. The lowest BCUT2D eigenvalue weighted by Crippen LogP contribution is -2.12. The van der Waals surface area contributed by atoms with E-state index >= 15 is 0 Å². The Morgan fingerprint density at radius 2 is 2.08 bits per heavy atom. The van der Waals surface area contributed by atoms with Gasteiger partial charge in [-0.2, -0.15) is 0 Å². The van der Waals surface area contributed by atoms with E-state index in [-0.39, 0.29) is 5.91 Å². The zero-order valence-corrected chi connectivity index (χ0v) is 14.5. The molecule has 1 aromatic heterocycles. The number of amides is 1. The lowest BCUT2D eigenvalue weighted by molar-refractivity contribution is 0.102. The summed E-state index contributed by atoms with van der Waals surface area (Å²) in [6, 6.07) is 15.1. The van der Waals surface area contributed by atoms with E-state index in [0.717, 1.165) is 34.7 Å². The topological polar surface area (TPSA) is 54.1 Å².